The molecule has 6 N–H and O–H groups in total. The van der Waals surface area contributed by atoms with Crippen molar-refractivity contribution in [3.63, 3.8) is 0 Å². The van der Waals surface area contributed by atoms with Gasteiger partial charge < -0.3 is 40.3 Å². The van der Waals surface area contributed by atoms with E-state index in [0.29, 0.717) is 12.8 Å². The minimum Gasteiger partial charge on any atom is -0.394 e. The number of nitrogens with one attached hydrogen (secondary N) is 1. The molecule has 1 heterocycles. The molecule has 1 saturated heterocycles. The van der Waals surface area contributed by atoms with E-state index in [-0.39, 0.29) is 12.5 Å². The van der Waals surface area contributed by atoms with Crippen LogP contribution in [0.25, 0.3) is 0 Å². The third kappa shape index (κ3) is 41.1. The van der Waals surface area contributed by atoms with E-state index in [1.807, 2.05) is 0 Å². The van der Waals surface area contributed by atoms with E-state index < -0.39 is 49.5 Å². The zero-order valence-corrected chi connectivity index (χ0v) is 45.6. The predicted octanol–water partition coefficient (Wildman–Crippen LogP) is 14.3. The highest BCUT2D eigenvalue weighted by atomic mass is 16.7. The fourth-order valence-electron chi connectivity index (χ4n) is 7.96. The number of carbonyl (C=O) groups excluding carboxylic acids is 1. The summed E-state index contributed by atoms with van der Waals surface area (Å²) >= 11 is 0. The van der Waals surface area contributed by atoms with Crippen LogP contribution in [0.3, 0.4) is 0 Å². The Balaban J connectivity index is 2.15. The van der Waals surface area contributed by atoms with E-state index in [1.165, 1.54) is 38.5 Å². The Labute approximate surface area is 444 Å². The molecule has 0 aromatic heterocycles. The van der Waals surface area contributed by atoms with Crippen molar-refractivity contribution >= 4 is 5.91 Å². The molecular formula is C64H103NO8. The number of ether oxygens (including phenoxy) is 2. The van der Waals surface area contributed by atoms with Gasteiger partial charge in [-0.2, -0.15) is 0 Å². The number of allylic oxidation sites excluding steroid dienone is 24. The van der Waals surface area contributed by atoms with Crippen molar-refractivity contribution < 1.29 is 39.8 Å². The summed E-state index contributed by atoms with van der Waals surface area (Å²) in [4.78, 5) is 13.0. The van der Waals surface area contributed by atoms with Crippen LogP contribution < -0.4 is 5.32 Å². The molecular weight excluding hydrogens is 911 g/mol. The largest absolute Gasteiger partial charge is 0.394 e. The summed E-state index contributed by atoms with van der Waals surface area (Å²) in [5.74, 6) is -0.178. The Bertz CT molecular complexity index is 1650. The molecule has 0 bridgehead atoms. The Kier molecular flexibility index (Phi) is 47.4. The number of hydrogen-bond acceptors (Lipinski definition) is 8. The molecule has 0 spiro atoms. The van der Waals surface area contributed by atoms with Crippen molar-refractivity contribution in [1.82, 2.24) is 5.32 Å². The number of unbranched alkanes of at least 4 members (excludes halogenated alkanes) is 12. The molecule has 0 aliphatic carbocycles. The SMILES string of the molecule is CC/C=C\C/C=C\C/C=C\C/C=C\C/C=C\C/C=C\C/C=C\C/C=C\C/C=C\C/C=C\C/C=C\C/C=C\CCCCCCC(=O)NC(COC1OC(CO)C(O)C(O)C1O)C(O)CCCCCCCCCCC. The van der Waals surface area contributed by atoms with Crippen molar-refractivity contribution in [3.05, 3.63) is 146 Å². The van der Waals surface area contributed by atoms with Gasteiger partial charge in [-0.05, 0) is 103 Å². The molecule has 412 valence electrons. The second kappa shape index (κ2) is 51.6. The highest BCUT2D eigenvalue weighted by molar-refractivity contribution is 5.76. The smallest absolute Gasteiger partial charge is 0.220 e. The van der Waals surface area contributed by atoms with Gasteiger partial charge in [-0.25, -0.2) is 0 Å². The zero-order valence-electron chi connectivity index (χ0n) is 45.6. The first-order valence-corrected chi connectivity index (χ1v) is 28.5. The van der Waals surface area contributed by atoms with E-state index in [2.05, 4.69) is 165 Å². The maximum absolute atomic E-state index is 13.0. The van der Waals surface area contributed by atoms with Crippen LogP contribution in [0.2, 0.25) is 0 Å². The van der Waals surface area contributed by atoms with Gasteiger partial charge in [0.25, 0.3) is 0 Å². The average molecular weight is 1010 g/mol. The number of amides is 1. The van der Waals surface area contributed by atoms with Crippen molar-refractivity contribution in [2.24, 2.45) is 0 Å². The predicted molar refractivity (Wildman–Crippen MR) is 308 cm³/mol. The lowest BCUT2D eigenvalue weighted by Gasteiger charge is -2.40. The average Bonchev–Trinajstić information content (AvgIpc) is 3.39. The molecule has 0 aromatic carbocycles. The van der Waals surface area contributed by atoms with E-state index in [4.69, 9.17) is 9.47 Å². The third-order valence-electron chi connectivity index (χ3n) is 12.5. The molecule has 0 radical (unpaired) electrons. The first-order valence-electron chi connectivity index (χ1n) is 28.5. The van der Waals surface area contributed by atoms with Crippen LogP contribution in [-0.2, 0) is 14.3 Å². The van der Waals surface area contributed by atoms with Crippen molar-refractivity contribution in [2.75, 3.05) is 13.2 Å². The molecule has 9 nitrogen and oxygen atoms in total. The number of hydrogen-bond donors (Lipinski definition) is 6. The monoisotopic (exact) mass is 1010 g/mol. The normalized spacial score (nSPS) is 20.2. The number of carbonyl (C=O) groups is 1. The lowest BCUT2D eigenvalue weighted by molar-refractivity contribution is -0.302. The van der Waals surface area contributed by atoms with E-state index >= 15 is 0 Å². The van der Waals surface area contributed by atoms with Gasteiger partial charge >= 0.3 is 0 Å². The Morgan fingerprint density at radius 1 is 0.479 bits per heavy atom. The third-order valence-corrected chi connectivity index (χ3v) is 12.5. The molecule has 1 fully saturated rings. The van der Waals surface area contributed by atoms with Crippen LogP contribution in [0.4, 0.5) is 0 Å². The highest BCUT2D eigenvalue weighted by Crippen LogP contribution is 2.23. The number of rotatable bonds is 46. The Morgan fingerprint density at radius 3 is 1.26 bits per heavy atom. The second-order valence-electron chi connectivity index (χ2n) is 19.0. The molecule has 1 aliphatic heterocycles. The molecule has 7 unspecified atom stereocenters. The summed E-state index contributed by atoms with van der Waals surface area (Å²) in [6.07, 6.45) is 73.2. The Morgan fingerprint density at radius 2 is 0.849 bits per heavy atom. The lowest BCUT2D eigenvalue weighted by Crippen LogP contribution is -2.60. The standard InChI is InChI=1S/C64H103NO8/c1-3-5-7-9-11-13-14-15-16-17-18-19-20-21-22-23-24-25-26-27-28-29-30-31-32-33-34-35-36-37-38-39-40-41-42-43-44-46-48-50-52-54-60(68)65-57(58(67)53-51-49-47-45-12-10-8-6-4-2)56-72-64-63(71)62(70)61(69)59(55-66)73-64/h5,7,11,13,15-16,18-19,21-22,24-25,27-28,30-31,33-34,36-37,39-40,42-43,57-59,61-64,66-67,69-71H,3-4,6,8-10,12,14,17,20,23,26,29,32,35,38,41,44-56H2,1-2H3,(H,65,68)/b7-5-,13-11-,16-15-,19-18-,22-21-,25-24-,28-27-,31-30-,34-33-,37-36-,40-39-,43-42-. The van der Waals surface area contributed by atoms with Crippen molar-refractivity contribution in [3.8, 4) is 0 Å². The van der Waals surface area contributed by atoms with Gasteiger partial charge in [0, 0.05) is 6.42 Å². The summed E-state index contributed by atoms with van der Waals surface area (Å²) in [6, 6.07) is -0.741. The highest BCUT2D eigenvalue weighted by Gasteiger charge is 2.44. The van der Waals surface area contributed by atoms with Crippen LogP contribution in [0.5, 0.6) is 0 Å². The molecule has 73 heavy (non-hydrogen) atoms. The molecule has 0 aromatic rings. The second-order valence-corrected chi connectivity index (χ2v) is 19.0. The summed E-state index contributed by atoms with van der Waals surface area (Å²) in [5.41, 5.74) is 0. The van der Waals surface area contributed by atoms with Crippen LogP contribution in [0, 0.1) is 0 Å². The first kappa shape index (κ1) is 67.1. The molecule has 1 aliphatic rings. The lowest BCUT2D eigenvalue weighted by atomic mass is 9.99. The van der Waals surface area contributed by atoms with Crippen LogP contribution in [0.1, 0.15) is 194 Å². The molecule has 1 amide bonds. The molecule has 9 heteroatoms. The zero-order chi connectivity index (χ0) is 52.9. The summed E-state index contributed by atoms with van der Waals surface area (Å²) in [5, 5.41) is 54.3. The van der Waals surface area contributed by atoms with Gasteiger partial charge in [-0.3, -0.25) is 4.79 Å². The van der Waals surface area contributed by atoms with Gasteiger partial charge in [0.15, 0.2) is 6.29 Å². The molecule has 0 saturated carbocycles. The van der Waals surface area contributed by atoms with E-state index in [9.17, 15) is 30.3 Å². The van der Waals surface area contributed by atoms with Crippen LogP contribution in [-0.4, -0.2) is 87.5 Å². The first-order chi connectivity index (χ1) is 35.8. The van der Waals surface area contributed by atoms with Crippen LogP contribution >= 0.6 is 0 Å². The van der Waals surface area contributed by atoms with Gasteiger partial charge in [0.2, 0.25) is 5.91 Å². The Hall–Kier alpha value is -3.93. The van der Waals surface area contributed by atoms with Gasteiger partial charge in [-0.1, -0.05) is 230 Å². The summed E-state index contributed by atoms with van der Waals surface area (Å²) in [6.45, 7) is 3.65. The molecule has 1 rings (SSSR count). The topological polar surface area (TPSA) is 149 Å². The number of aliphatic hydroxyl groups is 5. The minimum atomic E-state index is -1.57. The van der Waals surface area contributed by atoms with Gasteiger partial charge in [0.05, 0.1) is 25.4 Å². The minimum absolute atomic E-state index is 0.158. The van der Waals surface area contributed by atoms with Crippen LogP contribution in [0.15, 0.2) is 146 Å². The van der Waals surface area contributed by atoms with Gasteiger partial charge in [0.1, 0.15) is 24.4 Å². The summed E-state index contributed by atoms with van der Waals surface area (Å²) < 4.78 is 11.2. The maximum Gasteiger partial charge on any atom is 0.220 e. The van der Waals surface area contributed by atoms with E-state index in [1.54, 1.807) is 0 Å². The quantitative estimate of drug-likeness (QED) is 0.0261. The van der Waals surface area contributed by atoms with Gasteiger partial charge in [-0.15, -0.1) is 0 Å². The van der Waals surface area contributed by atoms with Crippen molar-refractivity contribution in [1.29, 1.82) is 0 Å². The fourth-order valence-corrected chi connectivity index (χ4v) is 7.96. The maximum atomic E-state index is 13.0. The van der Waals surface area contributed by atoms with E-state index in [0.717, 1.165) is 128 Å². The fraction of sp³-hybridized carbons (Fsp3) is 0.609. The molecule has 7 atom stereocenters. The summed E-state index contributed by atoms with van der Waals surface area (Å²) in [7, 11) is 0. The van der Waals surface area contributed by atoms with Crippen molar-refractivity contribution in [2.45, 2.75) is 236 Å². The number of aliphatic hydroxyl groups excluding tert-OH is 5.